The molecule has 0 aliphatic rings. The molecule has 1 unspecified atom stereocenters. The van der Waals surface area contributed by atoms with Crippen LogP contribution >= 0.6 is 11.6 Å². The minimum absolute atomic E-state index is 0.0144. The largest absolute Gasteiger partial charge is 0.495 e. The molecule has 0 fully saturated rings. The highest BCUT2D eigenvalue weighted by Crippen LogP contribution is 2.27. The lowest BCUT2D eigenvalue weighted by Crippen LogP contribution is -2.11. The molecule has 0 spiro atoms. The minimum atomic E-state index is -0.0144. The van der Waals surface area contributed by atoms with Crippen molar-refractivity contribution >= 4 is 17.3 Å². The van der Waals surface area contributed by atoms with Gasteiger partial charge in [0, 0.05) is 5.69 Å². The molecule has 0 amide bonds. The Morgan fingerprint density at radius 2 is 2.29 bits per heavy atom. The highest BCUT2D eigenvalue weighted by atomic mass is 35.5. The lowest BCUT2D eigenvalue weighted by atomic mass is 10.2. The molecular formula is C11H12ClNO. The summed E-state index contributed by atoms with van der Waals surface area (Å²) in [5.41, 5.74) is 0.890. The average molecular weight is 210 g/mol. The number of benzene rings is 1. The van der Waals surface area contributed by atoms with Crippen LogP contribution in [0.25, 0.3) is 0 Å². The van der Waals surface area contributed by atoms with Gasteiger partial charge in [-0.3, -0.25) is 0 Å². The van der Waals surface area contributed by atoms with Crippen molar-refractivity contribution in [1.29, 1.82) is 0 Å². The first-order chi connectivity index (χ1) is 6.67. The summed E-state index contributed by atoms with van der Waals surface area (Å²) >= 11 is 5.94. The molecule has 14 heavy (non-hydrogen) atoms. The Morgan fingerprint density at radius 1 is 1.57 bits per heavy atom. The Hall–Kier alpha value is -1.33. The third-order valence-electron chi connectivity index (χ3n) is 1.78. The van der Waals surface area contributed by atoms with E-state index < -0.39 is 0 Å². The summed E-state index contributed by atoms with van der Waals surface area (Å²) < 4.78 is 5.03. The molecule has 0 aliphatic heterocycles. The highest BCUT2D eigenvalue weighted by molar-refractivity contribution is 6.32. The lowest BCUT2D eigenvalue weighted by molar-refractivity contribution is 0.415. The molecule has 0 saturated carbocycles. The number of terminal acetylenes is 1. The van der Waals surface area contributed by atoms with Gasteiger partial charge in [0.1, 0.15) is 5.75 Å². The molecule has 1 aromatic rings. The van der Waals surface area contributed by atoms with Gasteiger partial charge in [0.2, 0.25) is 0 Å². The second kappa shape index (κ2) is 4.78. The summed E-state index contributed by atoms with van der Waals surface area (Å²) in [5, 5.41) is 3.68. The molecule has 0 aliphatic carbocycles. The number of hydrogen-bond donors (Lipinski definition) is 1. The first-order valence-electron chi connectivity index (χ1n) is 4.23. The highest BCUT2D eigenvalue weighted by Gasteiger charge is 2.02. The fourth-order valence-electron chi connectivity index (χ4n) is 1.05. The van der Waals surface area contributed by atoms with Crippen LogP contribution in [0.4, 0.5) is 5.69 Å². The van der Waals surface area contributed by atoms with E-state index in [1.807, 2.05) is 13.0 Å². The number of ether oxygens (including phenoxy) is 1. The number of anilines is 1. The molecular weight excluding hydrogens is 198 g/mol. The van der Waals surface area contributed by atoms with E-state index in [1.54, 1.807) is 19.2 Å². The van der Waals surface area contributed by atoms with Crippen LogP contribution in [0.2, 0.25) is 5.02 Å². The first-order valence-corrected chi connectivity index (χ1v) is 4.61. The molecule has 0 saturated heterocycles. The standard InChI is InChI=1S/C11H12ClNO/c1-4-8(2)13-9-5-6-11(14-3)10(12)7-9/h1,5-8,13H,2-3H3. The molecule has 3 heteroatoms. The molecule has 1 N–H and O–H groups in total. The van der Waals surface area contributed by atoms with Crippen LogP contribution in [0, 0.1) is 12.3 Å². The van der Waals surface area contributed by atoms with E-state index in [0.29, 0.717) is 10.8 Å². The van der Waals surface area contributed by atoms with Gasteiger partial charge in [0.25, 0.3) is 0 Å². The van der Waals surface area contributed by atoms with Crippen LogP contribution in [-0.4, -0.2) is 13.2 Å². The van der Waals surface area contributed by atoms with Gasteiger partial charge < -0.3 is 10.1 Å². The van der Waals surface area contributed by atoms with Crippen molar-refractivity contribution in [3.63, 3.8) is 0 Å². The maximum absolute atomic E-state index is 5.94. The summed E-state index contributed by atoms with van der Waals surface area (Å²) in [6, 6.07) is 5.44. The van der Waals surface area contributed by atoms with Crippen molar-refractivity contribution in [3.8, 4) is 18.1 Å². The topological polar surface area (TPSA) is 21.3 Å². The number of hydrogen-bond acceptors (Lipinski definition) is 2. The Balaban J connectivity index is 2.82. The van der Waals surface area contributed by atoms with Crippen molar-refractivity contribution in [2.45, 2.75) is 13.0 Å². The zero-order valence-electron chi connectivity index (χ0n) is 8.17. The average Bonchev–Trinajstić information content (AvgIpc) is 2.18. The van der Waals surface area contributed by atoms with Crippen LogP contribution in [-0.2, 0) is 0 Å². The molecule has 2 nitrogen and oxygen atoms in total. The Kier molecular flexibility index (Phi) is 3.67. The van der Waals surface area contributed by atoms with Crippen LogP contribution in [0.15, 0.2) is 18.2 Å². The zero-order chi connectivity index (χ0) is 10.6. The Morgan fingerprint density at radius 3 is 2.79 bits per heavy atom. The summed E-state index contributed by atoms with van der Waals surface area (Å²) in [6.45, 7) is 1.90. The molecule has 0 bridgehead atoms. The molecule has 0 heterocycles. The fraction of sp³-hybridized carbons (Fsp3) is 0.273. The van der Waals surface area contributed by atoms with E-state index in [0.717, 1.165) is 5.69 Å². The first kappa shape index (κ1) is 10.7. The summed E-state index contributed by atoms with van der Waals surface area (Å²) in [7, 11) is 1.58. The van der Waals surface area contributed by atoms with E-state index in [2.05, 4.69) is 11.2 Å². The van der Waals surface area contributed by atoms with Crippen LogP contribution in [0.3, 0.4) is 0 Å². The molecule has 74 valence electrons. The summed E-state index contributed by atoms with van der Waals surface area (Å²) in [5.74, 6) is 3.23. The van der Waals surface area contributed by atoms with Gasteiger partial charge in [-0.1, -0.05) is 17.5 Å². The van der Waals surface area contributed by atoms with Gasteiger partial charge >= 0.3 is 0 Å². The van der Waals surface area contributed by atoms with E-state index in [1.165, 1.54) is 0 Å². The van der Waals surface area contributed by atoms with Gasteiger partial charge in [0.15, 0.2) is 0 Å². The van der Waals surface area contributed by atoms with Crippen molar-refractivity contribution in [2.75, 3.05) is 12.4 Å². The third-order valence-corrected chi connectivity index (χ3v) is 2.08. The smallest absolute Gasteiger partial charge is 0.137 e. The Bertz CT molecular complexity index is 357. The SMILES string of the molecule is C#CC(C)Nc1ccc(OC)c(Cl)c1. The maximum atomic E-state index is 5.94. The van der Waals surface area contributed by atoms with E-state index in [-0.39, 0.29) is 6.04 Å². The van der Waals surface area contributed by atoms with Crippen molar-refractivity contribution < 1.29 is 4.74 Å². The van der Waals surface area contributed by atoms with E-state index in [4.69, 9.17) is 22.8 Å². The summed E-state index contributed by atoms with van der Waals surface area (Å²) in [4.78, 5) is 0. The predicted molar refractivity (Wildman–Crippen MR) is 59.9 cm³/mol. The van der Waals surface area contributed by atoms with Crippen molar-refractivity contribution in [2.24, 2.45) is 0 Å². The molecule has 0 aromatic heterocycles. The number of nitrogens with one attached hydrogen (secondary N) is 1. The number of halogens is 1. The second-order valence-electron chi connectivity index (χ2n) is 2.88. The van der Waals surface area contributed by atoms with Crippen molar-refractivity contribution in [1.82, 2.24) is 0 Å². The summed E-state index contributed by atoms with van der Waals surface area (Å²) in [6.07, 6.45) is 5.24. The van der Waals surface area contributed by atoms with E-state index >= 15 is 0 Å². The molecule has 1 rings (SSSR count). The fourth-order valence-corrected chi connectivity index (χ4v) is 1.31. The molecule has 1 aromatic carbocycles. The number of methoxy groups -OCH3 is 1. The monoisotopic (exact) mass is 209 g/mol. The quantitative estimate of drug-likeness (QED) is 0.773. The second-order valence-corrected chi connectivity index (χ2v) is 3.29. The predicted octanol–water partition coefficient (Wildman–Crippen LogP) is 2.78. The van der Waals surface area contributed by atoms with Gasteiger partial charge in [-0.15, -0.1) is 6.42 Å². The number of rotatable bonds is 3. The van der Waals surface area contributed by atoms with Crippen molar-refractivity contribution in [3.05, 3.63) is 23.2 Å². The van der Waals surface area contributed by atoms with Gasteiger partial charge in [0.05, 0.1) is 18.2 Å². The zero-order valence-corrected chi connectivity index (χ0v) is 8.93. The Labute approximate surface area is 89.2 Å². The minimum Gasteiger partial charge on any atom is -0.495 e. The third kappa shape index (κ3) is 2.58. The molecule has 1 atom stereocenters. The maximum Gasteiger partial charge on any atom is 0.137 e. The van der Waals surface area contributed by atoms with Crippen LogP contribution in [0.1, 0.15) is 6.92 Å². The van der Waals surface area contributed by atoms with Gasteiger partial charge in [-0.05, 0) is 25.1 Å². The van der Waals surface area contributed by atoms with Crippen LogP contribution < -0.4 is 10.1 Å². The van der Waals surface area contributed by atoms with E-state index in [9.17, 15) is 0 Å². The normalized spacial score (nSPS) is 11.6. The lowest BCUT2D eigenvalue weighted by Gasteiger charge is -2.10. The molecule has 0 radical (unpaired) electrons. The van der Waals surface area contributed by atoms with Crippen LogP contribution in [0.5, 0.6) is 5.75 Å². The van der Waals surface area contributed by atoms with Gasteiger partial charge in [-0.2, -0.15) is 0 Å². The van der Waals surface area contributed by atoms with Gasteiger partial charge in [-0.25, -0.2) is 0 Å².